The first-order valence-electron chi connectivity index (χ1n) is 11.2. The van der Waals surface area contributed by atoms with Gasteiger partial charge in [0.15, 0.2) is 0 Å². The molecule has 2 amide bonds. The molecule has 5 rings (SSSR count). The minimum absolute atomic E-state index is 0.0117. The van der Waals surface area contributed by atoms with E-state index in [-0.39, 0.29) is 24.2 Å². The Morgan fingerprint density at radius 3 is 2.53 bits per heavy atom. The molecule has 2 aliphatic heterocycles. The quantitative estimate of drug-likeness (QED) is 0.672. The number of anilines is 2. The van der Waals surface area contributed by atoms with E-state index in [9.17, 15) is 9.59 Å². The summed E-state index contributed by atoms with van der Waals surface area (Å²) in [5.41, 5.74) is 2.84. The van der Waals surface area contributed by atoms with Gasteiger partial charge in [-0.1, -0.05) is 48.5 Å². The first-order chi connectivity index (χ1) is 15.7. The highest BCUT2D eigenvalue weighted by atomic mass is 16.5. The second-order valence-electron chi connectivity index (χ2n) is 8.48. The number of carbonyl (C=O) groups excluding carboxylic acids is 2. The zero-order valence-corrected chi connectivity index (χ0v) is 18.0. The van der Waals surface area contributed by atoms with Crippen LogP contribution < -0.4 is 10.2 Å². The first kappa shape index (κ1) is 20.7. The molecule has 32 heavy (non-hydrogen) atoms. The van der Waals surface area contributed by atoms with Crippen LogP contribution in [0, 0.1) is 5.92 Å². The fraction of sp³-hybridized carbons (Fsp3) is 0.308. The van der Waals surface area contributed by atoms with Crippen LogP contribution in [0.3, 0.4) is 0 Å². The van der Waals surface area contributed by atoms with Crippen LogP contribution in [-0.2, 0) is 20.9 Å². The van der Waals surface area contributed by atoms with E-state index in [1.807, 2.05) is 66.7 Å². The van der Waals surface area contributed by atoms with Crippen molar-refractivity contribution in [1.29, 1.82) is 0 Å². The molecule has 2 aliphatic rings. The van der Waals surface area contributed by atoms with E-state index in [1.165, 1.54) is 5.56 Å². The molecule has 6 heteroatoms. The maximum absolute atomic E-state index is 12.9. The van der Waals surface area contributed by atoms with Crippen molar-refractivity contribution >= 4 is 34.0 Å². The third kappa shape index (κ3) is 4.38. The Kier molecular flexibility index (Phi) is 5.88. The third-order valence-electron chi connectivity index (χ3n) is 6.28. The minimum Gasteiger partial charge on any atom is -0.379 e. The van der Waals surface area contributed by atoms with E-state index in [1.54, 1.807) is 4.90 Å². The largest absolute Gasteiger partial charge is 0.379 e. The van der Waals surface area contributed by atoms with Gasteiger partial charge in [-0.3, -0.25) is 14.5 Å². The van der Waals surface area contributed by atoms with Crippen LogP contribution in [-0.4, -0.2) is 49.6 Å². The first-order valence-corrected chi connectivity index (χ1v) is 11.2. The fourth-order valence-electron chi connectivity index (χ4n) is 4.52. The average molecular weight is 430 g/mol. The second-order valence-corrected chi connectivity index (χ2v) is 8.48. The van der Waals surface area contributed by atoms with Crippen LogP contribution in [0.15, 0.2) is 66.7 Å². The van der Waals surface area contributed by atoms with E-state index >= 15 is 0 Å². The highest BCUT2D eigenvalue weighted by Crippen LogP contribution is 2.32. The van der Waals surface area contributed by atoms with Crippen molar-refractivity contribution in [3.8, 4) is 0 Å². The van der Waals surface area contributed by atoms with Gasteiger partial charge in [0.05, 0.1) is 24.8 Å². The molecule has 2 fully saturated rings. The summed E-state index contributed by atoms with van der Waals surface area (Å²) >= 11 is 0. The van der Waals surface area contributed by atoms with Gasteiger partial charge in [-0.2, -0.15) is 0 Å². The summed E-state index contributed by atoms with van der Waals surface area (Å²) in [4.78, 5) is 29.8. The molecule has 164 valence electrons. The van der Waals surface area contributed by atoms with Crippen molar-refractivity contribution in [3.63, 3.8) is 0 Å². The van der Waals surface area contributed by atoms with Gasteiger partial charge in [0.1, 0.15) is 0 Å². The minimum atomic E-state index is -0.366. The molecule has 3 aromatic carbocycles. The maximum atomic E-state index is 12.9. The number of nitrogens with zero attached hydrogens (tertiary/aromatic N) is 2. The zero-order valence-electron chi connectivity index (χ0n) is 18.0. The topological polar surface area (TPSA) is 61.9 Å². The summed E-state index contributed by atoms with van der Waals surface area (Å²) in [5.74, 6) is -0.487. The van der Waals surface area contributed by atoms with Crippen LogP contribution in [0.5, 0.6) is 0 Å². The summed E-state index contributed by atoms with van der Waals surface area (Å²) in [7, 11) is 0. The highest BCUT2D eigenvalue weighted by Gasteiger charge is 2.35. The molecule has 1 N–H and O–H groups in total. The number of amides is 2. The Morgan fingerprint density at radius 2 is 1.72 bits per heavy atom. The standard InChI is InChI=1S/C26H27N3O3/c30-25-16-21(18-29(25)24-7-3-5-20-4-1-2-6-23(20)24)26(31)27-22-10-8-19(9-11-22)17-28-12-14-32-15-13-28/h1-11,21H,12-18H2,(H,27,31). The Balaban J connectivity index is 1.23. The summed E-state index contributed by atoms with van der Waals surface area (Å²) in [5, 5.41) is 5.11. The lowest BCUT2D eigenvalue weighted by Crippen LogP contribution is -2.35. The molecule has 0 aliphatic carbocycles. The van der Waals surface area contributed by atoms with E-state index in [0.29, 0.717) is 6.54 Å². The van der Waals surface area contributed by atoms with Crippen molar-refractivity contribution in [2.24, 2.45) is 5.92 Å². The number of carbonyl (C=O) groups is 2. The van der Waals surface area contributed by atoms with Crippen LogP contribution in [0.25, 0.3) is 10.8 Å². The molecule has 0 bridgehead atoms. The lowest BCUT2D eigenvalue weighted by molar-refractivity contribution is -0.122. The van der Waals surface area contributed by atoms with Crippen LogP contribution in [0.2, 0.25) is 0 Å². The van der Waals surface area contributed by atoms with E-state index < -0.39 is 0 Å². The molecule has 3 aromatic rings. The van der Waals surface area contributed by atoms with E-state index in [2.05, 4.69) is 10.2 Å². The molecule has 0 aromatic heterocycles. The monoisotopic (exact) mass is 429 g/mol. The van der Waals surface area contributed by atoms with Gasteiger partial charge in [-0.05, 0) is 29.1 Å². The fourth-order valence-corrected chi connectivity index (χ4v) is 4.52. The molecule has 2 heterocycles. The molecule has 2 saturated heterocycles. The predicted octanol–water partition coefficient (Wildman–Crippen LogP) is 3.66. The molecule has 0 saturated carbocycles. The molecule has 0 spiro atoms. The van der Waals surface area contributed by atoms with E-state index in [4.69, 9.17) is 4.74 Å². The van der Waals surface area contributed by atoms with Crippen molar-refractivity contribution in [1.82, 2.24) is 4.90 Å². The molecular weight excluding hydrogens is 402 g/mol. The highest BCUT2D eigenvalue weighted by molar-refractivity contribution is 6.08. The Morgan fingerprint density at radius 1 is 0.969 bits per heavy atom. The summed E-state index contributed by atoms with van der Waals surface area (Å²) in [6.07, 6.45) is 0.226. The lowest BCUT2D eigenvalue weighted by Gasteiger charge is -2.26. The number of ether oxygens (including phenoxy) is 1. The van der Waals surface area contributed by atoms with Crippen LogP contribution >= 0.6 is 0 Å². The number of fused-ring (bicyclic) bond motifs is 1. The number of benzene rings is 3. The van der Waals surface area contributed by atoms with Gasteiger partial charge in [-0.25, -0.2) is 0 Å². The maximum Gasteiger partial charge on any atom is 0.229 e. The normalized spacial score (nSPS) is 19.4. The lowest BCUT2D eigenvalue weighted by atomic mass is 10.1. The van der Waals surface area contributed by atoms with Gasteiger partial charge >= 0.3 is 0 Å². The summed E-state index contributed by atoms with van der Waals surface area (Å²) in [6, 6.07) is 21.9. The van der Waals surface area contributed by atoms with Crippen molar-refractivity contribution in [3.05, 3.63) is 72.3 Å². The smallest absolute Gasteiger partial charge is 0.229 e. The van der Waals surface area contributed by atoms with E-state index in [0.717, 1.165) is 55.0 Å². The van der Waals surface area contributed by atoms with Gasteiger partial charge in [-0.15, -0.1) is 0 Å². The summed E-state index contributed by atoms with van der Waals surface area (Å²) in [6.45, 7) is 4.74. The van der Waals surface area contributed by atoms with Crippen LogP contribution in [0.1, 0.15) is 12.0 Å². The van der Waals surface area contributed by atoms with Gasteiger partial charge in [0.25, 0.3) is 0 Å². The molecule has 6 nitrogen and oxygen atoms in total. The van der Waals surface area contributed by atoms with Crippen molar-refractivity contribution in [2.75, 3.05) is 43.1 Å². The zero-order chi connectivity index (χ0) is 21.9. The molecule has 0 radical (unpaired) electrons. The second kappa shape index (κ2) is 9.10. The molecule has 1 unspecified atom stereocenters. The number of hydrogen-bond acceptors (Lipinski definition) is 4. The van der Waals surface area contributed by atoms with Gasteiger partial charge < -0.3 is 15.0 Å². The predicted molar refractivity (Wildman–Crippen MR) is 126 cm³/mol. The summed E-state index contributed by atoms with van der Waals surface area (Å²) < 4.78 is 5.40. The van der Waals surface area contributed by atoms with Gasteiger partial charge in [0, 0.05) is 43.7 Å². The Hall–Kier alpha value is -3.22. The molecule has 1 atom stereocenters. The average Bonchev–Trinajstić information content (AvgIpc) is 3.22. The van der Waals surface area contributed by atoms with Gasteiger partial charge in [0.2, 0.25) is 11.8 Å². The molecular formula is C26H27N3O3. The van der Waals surface area contributed by atoms with Crippen molar-refractivity contribution in [2.45, 2.75) is 13.0 Å². The number of hydrogen-bond donors (Lipinski definition) is 1. The SMILES string of the molecule is O=C(Nc1ccc(CN2CCOCC2)cc1)C1CC(=O)N(c2cccc3ccccc23)C1. The number of nitrogens with one attached hydrogen (secondary N) is 1. The Labute approximate surface area is 187 Å². The van der Waals surface area contributed by atoms with Crippen LogP contribution in [0.4, 0.5) is 11.4 Å². The van der Waals surface area contributed by atoms with Crippen molar-refractivity contribution < 1.29 is 14.3 Å². The number of morpholine rings is 1. The Bertz CT molecular complexity index is 1120. The number of rotatable bonds is 5. The third-order valence-corrected chi connectivity index (χ3v) is 6.28.